The number of nitrogens with one attached hydrogen (secondary N) is 2. The lowest BCUT2D eigenvalue weighted by molar-refractivity contribution is 0.262. The molecular weight excluding hydrogens is 813 g/mol. The van der Waals surface area contributed by atoms with Gasteiger partial charge in [-0.2, -0.15) is 16.8 Å². The molecule has 4 heterocycles. The normalized spacial score (nSPS) is 15.4. The standard InChI is InChI=1S/C35H26N4O13S4/c1-17-25-9-11-29(53(43,44)38(25)27-7-3-5-21-23(27)13-19(40)15-31(21)55(47,48)49)33(17)36-35(42)37-34-18(2)26-10-12-30(34)54(45,46)39(26)28-8-4-6-22-24(28)14-20(41)16-32(22)56(50,51)52/h3-16,40-41H,1-2H3,(H2,36,37,42)(H,47,48,49)(H,50,51,52). The number of phenolic OH excluding ortho intramolecular Hbond substituents is 2. The highest BCUT2D eigenvalue weighted by atomic mass is 32.2. The number of sulfonamides is 2. The number of aromatic hydroxyl groups is 2. The van der Waals surface area contributed by atoms with E-state index in [2.05, 4.69) is 10.6 Å². The van der Waals surface area contributed by atoms with E-state index in [0.717, 1.165) is 32.9 Å². The van der Waals surface area contributed by atoms with Crippen molar-refractivity contribution < 1.29 is 57.8 Å². The second-order valence-electron chi connectivity index (χ2n) is 12.9. The maximum Gasteiger partial charge on any atom is 0.323 e. The summed E-state index contributed by atoms with van der Waals surface area (Å²) < 4.78 is 126. The molecule has 288 valence electrons. The van der Waals surface area contributed by atoms with Crippen LogP contribution in [0.15, 0.2) is 105 Å². The highest BCUT2D eigenvalue weighted by Gasteiger charge is 2.41. The molecule has 0 aliphatic carbocycles. The molecular formula is C35H26N4O13S4. The lowest BCUT2D eigenvalue weighted by atomic mass is 10.1. The van der Waals surface area contributed by atoms with E-state index in [1.807, 2.05) is 0 Å². The Hall–Kier alpha value is -5.97. The third-order valence-electron chi connectivity index (χ3n) is 9.58. The molecule has 6 aromatic carbocycles. The first-order valence-electron chi connectivity index (χ1n) is 16.0. The van der Waals surface area contributed by atoms with Crippen molar-refractivity contribution >= 4 is 102 Å². The van der Waals surface area contributed by atoms with Crippen LogP contribution in [-0.4, -0.2) is 59.0 Å². The maximum atomic E-state index is 14.1. The zero-order valence-corrected chi connectivity index (χ0v) is 31.8. The molecule has 0 atom stereocenters. The first-order chi connectivity index (χ1) is 26.1. The average Bonchev–Trinajstić information content (AvgIpc) is 3.09. The molecule has 6 aromatic rings. The number of urea groups is 1. The van der Waals surface area contributed by atoms with E-state index in [1.165, 1.54) is 74.5 Å². The van der Waals surface area contributed by atoms with Crippen molar-refractivity contribution in [3.63, 3.8) is 0 Å². The number of anilines is 6. The molecule has 4 aliphatic heterocycles. The number of fused-ring (bicyclic) bond motifs is 8. The largest absolute Gasteiger partial charge is 0.508 e. The Morgan fingerprint density at radius 3 is 1.29 bits per heavy atom. The van der Waals surface area contributed by atoms with Crippen molar-refractivity contribution in [2.45, 2.75) is 33.4 Å². The maximum absolute atomic E-state index is 14.1. The Labute approximate surface area is 318 Å². The average molecular weight is 839 g/mol. The minimum Gasteiger partial charge on any atom is -0.508 e. The summed E-state index contributed by atoms with van der Waals surface area (Å²) in [6, 6.07) is 16.5. The molecule has 0 saturated heterocycles. The van der Waals surface area contributed by atoms with Crippen LogP contribution in [0, 0.1) is 13.8 Å². The van der Waals surface area contributed by atoms with Crippen LogP contribution in [0.3, 0.4) is 0 Å². The van der Waals surface area contributed by atoms with E-state index in [9.17, 15) is 57.8 Å². The summed E-state index contributed by atoms with van der Waals surface area (Å²) in [5.74, 6) is -1.12. The van der Waals surface area contributed by atoms with E-state index in [-0.39, 0.29) is 76.6 Å². The zero-order valence-electron chi connectivity index (χ0n) is 28.6. The molecule has 4 bridgehead atoms. The molecule has 0 saturated carbocycles. The summed E-state index contributed by atoms with van der Waals surface area (Å²) >= 11 is 0. The van der Waals surface area contributed by atoms with Gasteiger partial charge in [0.1, 0.15) is 31.1 Å². The molecule has 56 heavy (non-hydrogen) atoms. The number of amides is 2. The third-order valence-corrected chi connectivity index (χ3v) is 14.9. The Bertz CT molecular complexity index is 3050. The topological polar surface area (TPSA) is 265 Å². The molecule has 2 amide bonds. The summed E-state index contributed by atoms with van der Waals surface area (Å²) in [5, 5.41) is 25.5. The van der Waals surface area contributed by atoms with Gasteiger partial charge in [0.15, 0.2) is 0 Å². The quantitative estimate of drug-likeness (QED) is 0.108. The highest BCUT2D eigenvalue weighted by Crippen LogP contribution is 2.50. The summed E-state index contributed by atoms with van der Waals surface area (Å²) in [5.41, 5.74) is 0.201. The van der Waals surface area contributed by atoms with Gasteiger partial charge >= 0.3 is 6.03 Å². The Kier molecular flexibility index (Phi) is 7.93. The molecule has 21 heteroatoms. The number of rotatable bonds is 6. The van der Waals surface area contributed by atoms with Crippen molar-refractivity contribution in [1.29, 1.82) is 0 Å². The van der Waals surface area contributed by atoms with Gasteiger partial charge in [0.2, 0.25) is 0 Å². The summed E-state index contributed by atoms with van der Waals surface area (Å²) in [6.07, 6.45) is 0. The monoisotopic (exact) mass is 838 g/mol. The smallest absolute Gasteiger partial charge is 0.323 e. The molecule has 0 unspecified atom stereocenters. The van der Waals surface area contributed by atoms with Crippen LogP contribution in [0.2, 0.25) is 0 Å². The number of phenols is 2. The fourth-order valence-corrected chi connectivity index (χ4v) is 12.2. The summed E-state index contributed by atoms with van der Waals surface area (Å²) in [4.78, 5) is 11.6. The summed E-state index contributed by atoms with van der Waals surface area (Å²) in [7, 11) is -18.7. The molecule has 0 aromatic heterocycles. The Morgan fingerprint density at radius 2 is 0.929 bits per heavy atom. The molecule has 17 nitrogen and oxygen atoms in total. The first-order valence-corrected chi connectivity index (χ1v) is 21.8. The molecule has 4 aliphatic rings. The van der Waals surface area contributed by atoms with Gasteiger partial charge in [0, 0.05) is 33.7 Å². The van der Waals surface area contributed by atoms with Crippen LogP contribution in [0.5, 0.6) is 11.5 Å². The van der Waals surface area contributed by atoms with Crippen LogP contribution in [0.4, 0.5) is 38.9 Å². The number of benzene rings is 6. The number of carbonyl (C=O) groups excluding carboxylic acids is 1. The number of hydrogen-bond donors (Lipinski definition) is 6. The fourth-order valence-electron chi connectivity index (χ4n) is 7.19. The highest BCUT2D eigenvalue weighted by molar-refractivity contribution is 7.94. The summed E-state index contributed by atoms with van der Waals surface area (Å²) in [6.45, 7) is 3.03. The number of hydrogen-bond acceptors (Lipinski definition) is 11. The van der Waals surface area contributed by atoms with E-state index in [1.54, 1.807) is 0 Å². The van der Waals surface area contributed by atoms with Gasteiger partial charge in [-0.25, -0.2) is 30.2 Å². The van der Waals surface area contributed by atoms with Crippen molar-refractivity contribution in [3.8, 4) is 11.5 Å². The predicted molar refractivity (Wildman–Crippen MR) is 205 cm³/mol. The SMILES string of the molecule is Cc1c2ccc(c1NC(=O)Nc1c3ccc(c1C)N(c1cccc4c(S(=O)(=O)O)cc(O)cc14)S3(=O)=O)S(=O)(=O)N2c1cccc2c(S(=O)(=O)O)cc(O)cc12. The third kappa shape index (κ3) is 5.42. The number of carbonyl (C=O) groups is 1. The van der Waals surface area contributed by atoms with Crippen LogP contribution in [0.25, 0.3) is 21.5 Å². The molecule has 6 N–H and O–H groups in total. The van der Waals surface area contributed by atoms with Crippen LogP contribution in [-0.2, 0) is 40.3 Å². The van der Waals surface area contributed by atoms with Gasteiger partial charge < -0.3 is 20.8 Å². The Balaban J connectivity index is 1.16. The minimum atomic E-state index is -4.84. The van der Waals surface area contributed by atoms with E-state index < -0.39 is 67.6 Å². The van der Waals surface area contributed by atoms with Crippen molar-refractivity contribution in [2.24, 2.45) is 0 Å². The van der Waals surface area contributed by atoms with Crippen molar-refractivity contribution in [2.75, 3.05) is 19.2 Å². The minimum absolute atomic E-state index is 0.0235. The fraction of sp³-hybridized carbons (Fsp3) is 0.0571. The van der Waals surface area contributed by atoms with E-state index in [4.69, 9.17) is 0 Å². The van der Waals surface area contributed by atoms with Crippen molar-refractivity contribution in [1.82, 2.24) is 0 Å². The van der Waals surface area contributed by atoms with E-state index >= 15 is 0 Å². The van der Waals surface area contributed by atoms with Crippen LogP contribution < -0.4 is 19.2 Å². The lowest BCUT2D eigenvalue weighted by Crippen LogP contribution is -2.35. The van der Waals surface area contributed by atoms with Crippen LogP contribution >= 0.6 is 0 Å². The number of nitrogens with zero attached hydrogens (tertiary/aromatic N) is 2. The molecule has 0 fully saturated rings. The first kappa shape index (κ1) is 37.0. The molecule has 0 radical (unpaired) electrons. The molecule has 10 rings (SSSR count). The van der Waals surface area contributed by atoms with Crippen molar-refractivity contribution in [3.05, 3.63) is 96.1 Å². The van der Waals surface area contributed by atoms with Gasteiger partial charge in [-0.05, 0) is 73.5 Å². The van der Waals surface area contributed by atoms with Gasteiger partial charge in [-0.3, -0.25) is 9.11 Å². The Morgan fingerprint density at radius 1 is 0.554 bits per heavy atom. The second kappa shape index (κ2) is 12.0. The van der Waals surface area contributed by atoms with Gasteiger partial charge in [-0.1, -0.05) is 24.3 Å². The predicted octanol–water partition coefficient (Wildman–Crippen LogP) is 5.84. The zero-order chi connectivity index (χ0) is 40.4. The lowest BCUT2D eigenvalue weighted by Gasteiger charge is -2.35. The molecule has 0 spiro atoms. The van der Waals surface area contributed by atoms with Gasteiger partial charge in [0.25, 0.3) is 40.3 Å². The van der Waals surface area contributed by atoms with Gasteiger partial charge in [-0.15, -0.1) is 0 Å². The second-order valence-corrected chi connectivity index (χ2v) is 19.2. The van der Waals surface area contributed by atoms with Crippen LogP contribution in [0.1, 0.15) is 11.1 Å². The van der Waals surface area contributed by atoms with Gasteiger partial charge in [0.05, 0.1) is 34.1 Å². The van der Waals surface area contributed by atoms with E-state index in [0.29, 0.717) is 0 Å².